The highest BCUT2D eigenvalue weighted by Gasteiger charge is 2.05. The maximum Gasteiger partial charge on any atom is 0.128 e. The molecule has 0 saturated carbocycles. The molecule has 1 heterocycles. The van der Waals surface area contributed by atoms with Crippen molar-refractivity contribution in [2.24, 2.45) is 0 Å². The number of hydrogen-bond donors (Lipinski definition) is 1. The van der Waals surface area contributed by atoms with E-state index in [1.807, 2.05) is 13.0 Å². The molecule has 0 aliphatic carbocycles. The van der Waals surface area contributed by atoms with Gasteiger partial charge >= 0.3 is 0 Å². The number of aliphatic hydroxyl groups excluding tert-OH is 1. The minimum absolute atomic E-state index is 0.188. The largest absolute Gasteiger partial charge is 0.396 e. The fraction of sp³-hybridized carbons (Fsp3) is 0.583. The summed E-state index contributed by atoms with van der Waals surface area (Å²) in [6.45, 7) is 8.39. The van der Waals surface area contributed by atoms with Gasteiger partial charge in [0.25, 0.3) is 0 Å². The van der Waals surface area contributed by atoms with Crippen LogP contribution in [0.5, 0.6) is 0 Å². The van der Waals surface area contributed by atoms with Gasteiger partial charge in [-0.25, -0.2) is 4.98 Å². The van der Waals surface area contributed by atoms with Gasteiger partial charge in [-0.05, 0) is 38.8 Å². The molecule has 0 saturated heterocycles. The van der Waals surface area contributed by atoms with Gasteiger partial charge in [0.1, 0.15) is 5.82 Å². The van der Waals surface area contributed by atoms with Crippen molar-refractivity contribution < 1.29 is 5.11 Å². The normalized spacial score (nSPS) is 10.4. The Morgan fingerprint density at radius 2 is 1.93 bits per heavy atom. The number of nitrogens with zero attached hydrogens (tertiary/aromatic N) is 2. The molecule has 0 radical (unpaired) electrons. The third kappa shape index (κ3) is 2.93. The summed E-state index contributed by atoms with van der Waals surface area (Å²) in [5.41, 5.74) is 2.15. The molecular formula is C12H20N2O. The lowest BCUT2D eigenvalue weighted by Crippen LogP contribution is -2.23. The summed E-state index contributed by atoms with van der Waals surface area (Å²) in [7, 11) is 0. The molecule has 1 rings (SSSR count). The molecule has 0 bridgehead atoms. The van der Waals surface area contributed by atoms with Gasteiger partial charge in [0.2, 0.25) is 0 Å². The van der Waals surface area contributed by atoms with Gasteiger partial charge in [-0.3, -0.25) is 0 Å². The van der Waals surface area contributed by atoms with Gasteiger partial charge in [0.05, 0.1) is 0 Å². The van der Waals surface area contributed by atoms with Crippen LogP contribution in [0.15, 0.2) is 12.1 Å². The maximum absolute atomic E-state index is 8.88. The van der Waals surface area contributed by atoms with Crippen LogP contribution in [0.1, 0.15) is 25.1 Å². The van der Waals surface area contributed by atoms with Gasteiger partial charge in [-0.1, -0.05) is 6.07 Å². The molecule has 1 N–H and O–H groups in total. The molecule has 0 amide bonds. The quantitative estimate of drug-likeness (QED) is 0.801. The Balaban J connectivity index is 2.89. The summed E-state index contributed by atoms with van der Waals surface area (Å²) in [6.07, 6.45) is 0.692. The van der Waals surface area contributed by atoms with Crippen molar-refractivity contribution in [2.75, 3.05) is 24.6 Å². The first-order valence-corrected chi connectivity index (χ1v) is 5.55. The lowest BCUT2D eigenvalue weighted by atomic mass is 10.1. The van der Waals surface area contributed by atoms with E-state index < -0.39 is 0 Å². The van der Waals surface area contributed by atoms with E-state index in [-0.39, 0.29) is 6.61 Å². The highest BCUT2D eigenvalue weighted by atomic mass is 16.2. The number of aromatic nitrogens is 1. The lowest BCUT2D eigenvalue weighted by Gasteiger charge is -2.20. The predicted octanol–water partition coefficient (Wildman–Crippen LogP) is 1.77. The Labute approximate surface area is 91.8 Å². The van der Waals surface area contributed by atoms with Gasteiger partial charge in [-0.2, -0.15) is 0 Å². The number of rotatable bonds is 5. The molecule has 0 spiro atoms. The van der Waals surface area contributed by atoms with Gasteiger partial charge in [0.15, 0.2) is 0 Å². The second-order valence-corrected chi connectivity index (χ2v) is 3.56. The molecule has 15 heavy (non-hydrogen) atoms. The summed E-state index contributed by atoms with van der Waals surface area (Å²) >= 11 is 0. The van der Waals surface area contributed by atoms with Crippen LogP contribution in [0.3, 0.4) is 0 Å². The summed E-state index contributed by atoms with van der Waals surface area (Å²) in [4.78, 5) is 6.77. The summed E-state index contributed by atoms with van der Waals surface area (Å²) in [5, 5.41) is 8.88. The van der Waals surface area contributed by atoms with E-state index >= 15 is 0 Å². The fourth-order valence-electron chi connectivity index (χ4n) is 1.69. The number of hydrogen-bond acceptors (Lipinski definition) is 3. The topological polar surface area (TPSA) is 36.4 Å². The second-order valence-electron chi connectivity index (χ2n) is 3.56. The minimum atomic E-state index is 0.188. The van der Waals surface area contributed by atoms with E-state index in [0.29, 0.717) is 6.42 Å². The van der Waals surface area contributed by atoms with Crippen LogP contribution in [-0.4, -0.2) is 29.8 Å². The fourth-order valence-corrected chi connectivity index (χ4v) is 1.69. The summed E-state index contributed by atoms with van der Waals surface area (Å²) in [6, 6.07) is 4.09. The number of aliphatic hydroxyl groups is 1. The molecular weight excluding hydrogens is 188 g/mol. The second kappa shape index (κ2) is 5.71. The summed E-state index contributed by atoms with van der Waals surface area (Å²) in [5.74, 6) is 1.03. The Morgan fingerprint density at radius 3 is 2.40 bits per heavy atom. The monoisotopic (exact) mass is 208 g/mol. The van der Waals surface area contributed by atoms with Crippen LogP contribution >= 0.6 is 0 Å². The third-order valence-corrected chi connectivity index (χ3v) is 2.65. The number of anilines is 1. The van der Waals surface area contributed by atoms with Crippen molar-refractivity contribution >= 4 is 5.82 Å². The van der Waals surface area contributed by atoms with Crippen LogP contribution in [-0.2, 0) is 6.42 Å². The van der Waals surface area contributed by atoms with Crippen molar-refractivity contribution in [3.8, 4) is 0 Å². The Morgan fingerprint density at radius 1 is 1.27 bits per heavy atom. The lowest BCUT2D eigenvalue weighted by molar-refractivity contribution is 0.299. The van der Waals surface area contributed by atoms with E-state index in [0.717, 1.165) is 30.2 Å². The Hall–Kier alpha value is -1.09. The molecule has 0 atom stereocenters. The molecule has 0 aliphatic heterocycles. The molecule has 0 fully saturated rings. The zero-order chi connectivity index (χ0) is 11.3. The molecule has 3 heteroatoms. The van der Waals surface area contributed by atoms with E-state index in [4.69, 9.17) is 5.11 Å². The van der Waals surface area contributed by atoms with Crippen molar-refractivity contribution in [3.05, 3.63) is 23.4 Å². The highest BCUT2D eigenvalue weighted by Crippen LogP contribution is 2.14. The zero-order valence-electron chi connectivity index (χ0n) is 9.82. The molecule has 84 valence electrons. The average Bonchev–Trinajstić information content (AvgIpc) is 2.24. The molecule has 1 aromatic rings. The van der Waals surface area contributed by atoms with E-state index in [1.165, 1.54) is 0 Å². The maximum atomic E-state index is 8.88. The van der Waals surface area contributed by atoms with Crippen LogP contribution < -0.4 is 4.90 Å². The highest BCUT2D eigenvalue weighted by molar-refractivity contribution is 5.41. The van der Waals surface area contributed by atoms with Crippen LogP contribution in [0.2, 0.25) is 0 Å². The molecule has 1 aromatic heterocycles. The van der Waals surface area contributed by atoms with Crippen molar-refractivity contribution in [2.45, 2.75) is 27.2 Å². The number of pyridine rings is 1. The molecule has 0 aromatic carbocycles. The van der Waals surface area contributed by atoms with Crippen molar-refractivity contribution in [1.82, 2.24) is 4.98 Å². The molecule has 0 unspecified atom stereocenters. The van der Waals surface area contributed by atoms with Gasteiger partial charge in [-0.15, -0.1) is 0 Å². The van der Waals surface area contributed by atoms with Crippen LogP contribution in [0.25, 0.3) is 0 Å². The first-order valence-electron chi connectivity index (χ1n) is 5.55. The minimum Gasteiger partial charge on any atom is -0.396 e. The van der Waals surface area contributed by atoms with E-state index in [2.05, 4.69) is 29.8 Å². The Bertz CT molecular complexity index is 308. The van der Waals surface area contributed by atoms with E-state index in [1.54, 1.807) is 0 Å². The zero-order valence-corrected chi connectivity index (χ0v) is 9.82. The van der Waals surface area contributed by atoms with Crippen molar-refractivity contribution in [1.29, 1.82) is 0 Å². The molecule has 0 aliphatic rings. The van der Waals surface area contributed by atoms with E-state index in [9.17, 15) is 0 Å². The van der Waals surface area contributed by atoms with Crippen LogP contribution in [0, 0.1) is 6.92 Å². The third-order valence-electron chi connectivity index (χ3n) is 2.65. The standard InChI is InChI=1S/C12H20N2O/c1-4-14(5-2)12-7-6-11(8-9-15)10(3)13-12/h6-7,15H,4-5,8-9H2,1-3H3. The summed E-state index contributed by atoms with van der Waals surface area (Å²) < 4.78 is 0. The predicted molar refractivity (Wildman–Crippen MR) is 63.3 cm³/mol. The first kappa shape index (κ1) is 12.0. The number of aryl methyl sites for hydroxylation is 1. The smallest absolute Gasteiger partial charge is 0.128 e. The average molecular weight is 208 g/mol. The van der Waals surface area contributed by atoms with Gasteiger partial charge < -0.3 is 10.0 Å². The molecule has 3 nitrogen and oxygen atoms in total. The first-order chi connectivity index (χ1) is 7.22. The van der Waals surface area contributed by atoms with Gasteiger partial charge in [0, 0.05) is 25.4 Å². The van der Waals surface area contributed by atoms with Crippen LogP contribution in [0.4, 0.5) is 5.82 Å². The Kier molecular flexibility index (Phi) is 4.56. The van der Waals surface area contributed by atoms with Crippen molar-refractivity contribution in [3.63, 3.8) is 0 Å². The SMILES string of the molecule is CCN(CC)c1ccc(CCO)c(C)n1.